The number of aromatic nitrogens is 3. The third-order valence-electron chi connectivity index (χ3n) is 6.16. The Balaban J connectivity index is 1.81. The molecule has 0 bridgehead atoms. The monoisotopic (exact) mass is 313 g/mol. The molecular formula is C18H27N5. The first kappa shape index (κ1) is 14.9. The van der Waals surface area contributed by atoms with Crippen LogP contribution >= 0.6 is 0 Å². The normalized spacial score (nSPS) is 25.9. The van der Waals surface area contributed by atoms with Gasteiger partial charge in [-0.2, -0.15) is 9.61 Å². The predicted molar refractivity (Wildman–Crippen MR) is 92.8 cm³/mol. The van der Waals surface area contributed by atoms with E-state index in [0.717, 1.165) is 50.0 Å². The van der Waals surface area contributed by atoms with Crippen LogP contribution in [0.25, 0.3) is 5.65 Å². The maximum absolute atomic E-state index is 6.10. The number of hydrogen-bond acceptors (Lipinski definition) is 4. The van der Waals surface area contributed by atoms with Gasteiger partial charge < -0.3 is 11.1 Å². The SMILES string of the molecule is CCC1(CC)CCc2c1nc1ccnn1c2N[C@H]1CC[C@H](N)C1. The third kappa shape index (κ3) is 2.24. The van der Waals surface area contributed by atoms with Gasteiger partial charge in [0.15, 0.2) is 5.65 Å². The molecule has 23 heavy (non-hydrogen) atoms. The van der Waals surface area contributed by atoms with E-state index in [-0.39, 0.29) is 5.41 Å². The van der Waals surface area contributed by atoms with Crippen LogP contribution in [-0.4, -0.2) is 26.7 Å². The lowest BCUT2D eigenvalue weighted by Gasteiger charge is -2.27. The first-order valence-electron chi connectivity index (χ1n) is 9.06. The van der Waals surface area contributed by atoms with E-state index in [4.69, 9.17) is 10.7 Å². The summed E-state index contributed by atoms with van der Waals surface area (Å²) in [5, 5.41) is 8.28. The van der Waals surface area contributed by atoms with Gasteiger partial charge in [0.2, 0.25) is 0 Å². The second-order valence-corrected chi connectivity index (χ2v) is 7.29. The molecule has 0 spiro atoms. The van der Waals surface area contributed by atoms with Crippen LogP contribution in [0.4, 0.5) is 5.82 Å². The Morgan fingerprint density at radius 2 is 2.17 bits per heavy atom. The van der Waals surface area contributed by atoms with E-state index < -0.39 is 0 Å². The maximum atomic E-state index is 6.10. The molecule has 0 radical (unpaired) electrons. The summed E-state index contributed by atoms with van der Waals surface area (Å²) in [6.07, 6.45) is 9.77. The van der Waals surface area contributed by atoms with E-state index in [1.165, 1.54) is 17.7 Å². The summed E-state index contributed by atoms with van der Waals surface area (Å²) < 4.78 is 1.99. The van der Waals surface area contributed by atoms with Gasteiger partial charge in [-0.1, -0.05) is 13.8 Å². The largest absolute Gasteiger partial charge is 0.367 e. The van der Waals surface area contributed by atoms with Crippen LogP contribution in [0.3, 0.4) is 0 Å². The molecule has 5 heteroatoms. The first-order valence-corrected chi connectivity index (χ1v) is 9.06. The van der Waals surface area contributed by atoms with E-state index in [1.54, 1.807) is 0 Å². The smallest absolute Gasteiger partial charge is 0.157 e. The van der Waals surface area contributed by atoms with E-state index >= 15 is 0 Å². The summed E-state index contributed by atoms with van der Waals surface area (Å²) in [5.74, 6) is 1.16. The van der Waals surface area contributed by atoms with Crippen molar-refractivity contribution in [2.45, 2.75) is 76.3 Å². The number of nitrogens with one attached hydrogen (secondary N) is 1. The van der Waals surface area contributed by atoms with E-state index in [9.17, 15) is 0 Å². The van der Waals surface area contributed by atoms with Crippen LogP contribution in [0.1, 0.15) is 63.6 Å². The Hall–Kier alpha value is -1.62. The number of anilines is 1. The Labute approximate surface area is 137 Å². The average molecular weight is 313 g/mol. The molecule has 0 amide bonds. The van der Waals surface area contributed by atoms with Crippen molar-refractivity contribution in [3.05, 3.63) is 23.5 Å². The van der Waals surface area contributed by atoms with Crippen molar-refractivity contribution in [3.8, 4) is 0 Å². The van der Waals surface area contributed by atoms with Gasteiger partial charge in [0.25, 0.3) is 0 Å². The number of nitrogens with zero attached hydrogens (tertiary/aromatic N) is 3. The highest BCUT2D eigenvalue weighted by Gasteiger charge is 2.40. The second-order valence-electron chi connectivity index (χ2n) is 7.29. The molecule has 0 unspecified atom stereocenters. The van der Waals surface area contributed by atoms with Crippen LogP contribution in [0.15, 0.2) is 12.3 Å². The van der Waals surface area contributed by atoms with Gasteiger partial charge in [-0.05, 0) is 44.9 Å². The van der Waals surface area contributed by atoms with Crippen LogP contribution < -0.4 is 11.1 Å². The zero-order valence-corrected chi connectivity index (χ0v) is 14.2. The Kier molecular flexibility index (Phi) is 3.56. The Morgan fingerprint density at radius 1 is 1.35 bits per heavy atom. The Morgan fingerprint density at radius 3 is 2.87 bits per heavy atom. The van der Waals surface area contributed by atoms with Gasteiger partial charge in [-0.15, -0.1) is 0 Å². The van der Waals surface area contributed by atoms with Gasteiger partial charge in [0.05, 0.1) is 11.9 Å². The fraction of sp³-hybridized carbons (Fsp3) is 0.667. The minimum absolute atomic E-state index is 0.240. The third-order valence-corrected chi connectivity index (χ3v) is 6.16. The molecule has 4 rings (SSSR count). The van der Waals surface area contributed by atoms with Crippen molar-refractivity contribution in [2.24, 2.45) is 5.73 Å². The lowest BCUT2D eigenvalue weighted by Crippen LogP contribution is -2.25. The van der Waals surface area contributed by atoms with Gasteiger partial charge in [-0.3, -0.25) is 0 Å². The Bertz CT molecular complexity index is 716. The molecule has 2 atom stereocenters. The number of rotatable bonds is 4. The molecule has 2 aromatic rings. The van der Waals surface area contributed by atoms with E-state index in [0.29, 0.717) is 12.1 Å². The molecule has 2 aliphatic rings. The second kappa shape index (κ2) is 5.48. The van der Waals surface area contributed by atoms with E-state index in [1.807, 2.05) is 16.8 Å². The molecule has 2 heterocycles. The minimum Gasteiger partial charge on any atom is -0.367 e. The molecule has 1 fully saturated rings. The maximum Gasteiger partial charge on any atom is 0.157 e. The fourth-order valence-corrected chi connectivity index (χ4v) is 4.56. The molecule has 5 nitrogen and oxygen atoms in total. The quantitative estimate of drug-likeness (QED) is 0.910. The summed E-state index contributed by atoms with van der Waals surface area (Å²) in [7, 11) is 0. The highest BCUT2D eigenvalue weighted by Crippen LogP contribution is 2.45. The topological polar surface area (TPSA) is 68.2 Å². The number of nitrogens with two attached hydrogens (primary N) is 1. The molecule has 3 N–H and O–H groups in total. The fourth-order valence-electron chi connectivity index (χ4n) is 4.56. The lowest BCUT2D eigenvalue weighted by molar-refractivity contribution is 0.385. The average Bonchev–Trinajstić information content (AvgIpc) is 3.26. The molecule has 2 aliphatic carbocycles. The lowest BCUT2D eigenvalue weighted by atomic mass is 9.80. The van der Waals surface area contributed by atoms with Gasteiger partial charge >= 0.3 is 0 Å². The van der Waals surface area contributed by atoms with Crippen molar-refractivity contribution >= 4 is 11.5 Å². The van der Waals surface area contributed by atoms with Gasteiger partial charge in [0, 0.05) is 29.1 Å². The summed E-state index contributed by atoms with van der Waals surface area (Å²) >= 11 is 0. The van der Waals surface area contributed by atoms with Crippen LogP contribution in [0.5, 0.6) is 0 Å². The molecule has 0 aromatic carbocycles. The standard InChI is InChI=1S/C18H27N5/c1-3-18(4-2)9-7-14-16(18)22-15-8-10-20-23(15)17(14)21-13-6-5-12(19)11-13/h8,10,12-13,21H,3-7,9,11,19H2,1-2H3/t12-,13-/m0/s1. The molecule has 0 saturated heterocycles. The zero-order valence-electron chi connectivity index (χ0n) is 14.2. The van der Waals surface area contributed by atoms with E-state index in [2.05, 4.69) is 24.3 Å². The summed E-state index contributed by atoms with van der Waals surface area (Å²) in [6, 6.07) is 2.81. The highest BCUT2D eigenvalue weighted by molar-refractivity contribution is 5.59. The van der Waals surface area contributed by atoms with Crippen molar-refractivity contribution in [1.29, 1.82) is 0 Å². The molecule has 0 aliphatic heterocycles. The van der Waals surface area contributed by atoms with Crippen molar-refractivity contribution in [1.82, 2.24) is 14.6 Å². The number of fused-ring (bicyclic) bond motifs is 2. The zero-order chi connectivity index (χ0) is 16.0. The molecule has 2 aromatic heterocycles. The highest BCUT2D eigenvalue weighted by atomic mass is 15.3. The summed E-state index contributed by atoms with van der Waals surface area (Å²) in [4.78, 5) is 5.00. The van der Waals surface area contributed by atoms with Crippen LogP contribution in [-0.2, 0) is 11.8 Å². The van der Waals surface area contributed by atoms with Crippen molar-refractivity contribution in [3.63, 3.8) is 0 Å². The van der Waals surface area contributed by atoms with Gasteiger partial charge in [-0.25, -0.2) is 4.98 Å². The molecule has 1 saturated carbocycles. The van der Waals surface area contributed by atoms with Crippen LogP contribution in [0, 0.1) is 0 Å². The first-order chi connectivity index (χ1) is 11.2. The predicted octanol–water partition coefficient (Wildman–Crippen LogP) is 3.03. The van der Waals surface area contributed by atoms with Crippen LogP contribution in [0.2, 0.25) is 0 Å². The summed E-state index contributed by atoms with van der Waals surface area (Å²) in [5.41, 5.74) is 9.98. The molecule has 124 valence electrons. The summed E-state index contributed by atoms with van der Waals surface area (Å²) in [6.45, 7) is 4.59. The molecular weight excluding hydrogens is 286 g/mol. The van der Waals surface area contributed by atoms with Crippen molar-refractivity contribution in [2.75, 3.05) is 5.32 Å². The van der Waals surface area contributed by atoms with Crippen molar-refractivity contribution < 1.29 is 0 Å². The van der Waals surface area contributed by atoms with Gasteiger partial charge in [0.1, 0.15) is 5.82 Å². The minimum atomic E-state index is 0.240. The number of hydrogen-bond donors (Lipinski definition) is 2.